The van der Waals surface area contributed by atoms with E-state index in [0.717, 1.165) is 68.5 Å². The van der Waals surface area contributed by atoms with Gasteiger partial charge >= 0.3 is 5.97 Å². The Morgan fingerprint density at radius 2 is 1.60 bits per heavy atom. The number of likely N-dealkylation sites (tertiary alicyclic amines) is 1. The molecule has 0 aliphatic carbocycles. The second-order valence-corrected chi connectivity index (χ2v) is 17.8. The molecule has 0 unspecified atom stereocenters. The number of piperidine rings is 1. The number of amides is 5. The normalized spacial score (nSPS) is 18.8. The van der Waals surface area contributed by atoms with E-state index >= 15 is 0 Å². The molecule has 2 aromatic rings. The monoisotopic (exact) mass is 850 g/mol. The number of aliphatic hydroxyl groups excluding tert-OH is 1. The van der Waals surface area contributed by atoms with Crippen LogP contribution in [0.1, 0.15) is 126 Å². The van der Waals surface area contributed by atoms with Gasteiger partial charge in [0.1, 0.15) is 22.8 Å². The first kappa shape index (κ1) is 48.2. The predicted molar refractivity (Wildman–Crippen MR) is 231 cm³/mol. The molecule has 0 bridgehead atoms. The molecule has 0 saturated carbocycles. The van der Waals surface area contributed by atoms with E-state index in [0.29, 0.717) is 30.8 Å². The fraction of sp³-hybridized carbons (Fsp3) is 0.622. The summed E-state index contributed by atoms with van der Waals surface area (Å²) in [5.41, 5.74) is 1.09. The van der Waals surface area contributed by atoms with Crippen molar-refractivity contribution in [3.63, 3.8) is 0 Å². The molecule has 0 radical (unpaired) electrons. The Morgan fingerprint density at radius 3 is 2.23 bits per heavy atom. The number of unbranched alkanes of at least 4 members (excludes halogenated alkanes) is 3. The Bertz CT molecular complexity index is 1770. The van der Waals surface area contributed by atoms with Gasteiger partial charge in [-0.3, -0.25) is 38.6 Å². The van der Waals surface area contributed by atoms with Crippen molar-refractivity contribution in [2.75, 3.05) is 26.7 Å². The molecule has 60 heavy (non-hydrogen) atoms. The molecular formula is C45H66N6O8S. The maximum absolute atomic E-state index is 14.3. The lowest BCUT2D eigenvalue weighted by molar-refractivity contribution is -0.141. The molecule has 4 N–H and O–H groups in total. The Labute approximate surface area is 359 Å². The number of likely N-dealkylation sites (N-methyl/N-ethyl adjacent to an activating group) is 1. The number of carboxylic acid groups (broad SMARTS) is 1. The van der Waals surface area contributed by atoms with E-state index in [1.165, 1.54) is 17.1 Å². The summed E-state index contributed by atoms with van der Waals surface area (Å²) in [5, 5.41) is 29.0. The Balaban J connectivity index is 1.35. The van der Waals surface area contributed by atoms with Crippen molar-refractivity contribution in [2.45, 2.75) is 136 Å². The highest BCUT2D eigenvalue weighted by atomic mass is 32.1. The van der Waals surface area contributed by atoms with Crippen LogP contribution in [-0.4, -0.2) is 116 Å². The molecular weight excluding hydrogens is 785 g/mol. The van der Waals surface area contributed by atoms with Crippen molar-refractivity contribution in [1.82, 2.24) is 30.3 Å². The molecule has 15 heteroatoms. The molecule has 4 rings (SSSR count). The van der Waals surface area contributed by atoms with E-state index in [9.17, 15) is 39.0 Å². The zero-order valence-corrected chi connectivity index (χ0v) is 37.0. The number of aliphatic hydroxyl groups is 1. The standard InChI is InChI=1S/C45H66N6O8S/c1-7-30(4)40(48-42(56)35-19-13-16-23-50(35)22-14-8-9-15-24-51-38(53)20-21-39(51)54)44(57)49(6)36(29(2)3)27-37(52)43-47-34(28-60-43)41(55)46-33(25-31(5)45(58)59)26-32-17-11-10-12-18-32/h10-12,17-18,20-21,28-31,33,35-37,40,52H,7-9,13-16,19,22-27H2,1-6H3,(H,46,55)(H,48,56)(H,58,59)/t30-,31-,33+,35+,36+,37+,40-/m0/s1. The van der Waals surface area contributed by atoms with E-state index in [2.05, 4.69) is 20.5 Å². The summed E-state index contributed by atoms with van der Waals surface area (Å²) in [6.07, 6.45) is 9.08. The Kier molecular flexibility index (Phi) is 18.9. The highest BCUT2D eigenvalue weighted by Gasteiger charge is 2.37. The van der Waals surface area contributed by atoms with Crippen LogP contribution in [0.4, 0.5) is 0 Å². The van der Waals surface area contributed by atoms with Crippen LogP contribution in [0.5, 0.6) is 0 Å². The van der Waals surface area contributed by atoms with E-state index in [1.807, 2.05) is 58.0 Å². The van der Waals surface area contributed by atoms with Crippen LogP contribution in [-0.2, 0) is 30.4 Å². The zero-order valence-electron chi connectivity index (χ0n) is 36.2. The molecule has 1 fully saturated rings. The molecule has 5 amide bonds. The van der Waals surface area contributed by atoms with Gasteiger partial charge in [0.2, 0.25) is 11.8 Å². The molecule has 14 nitrogen and oxygen atoms in total. The summed E-state index contributed by atoms with van der Waals surface area (Å²) >= 11 is 1.15. The fourth-order valence-corrected chi connectivity index (χ4v) is 8.89. The second-order valence-electron chi connectivity index (χ2n) is 16.9. The number of carbonyl (C=O) groups excluding carboxylic acids is 5. The van der Waals surface area contributed by atoms with Crippen LogP contribution < -0.4 is 10.6 Å². The Morgan fingerprint density at radius 1 is 0.933 bits per heavy atom. The number of hydrogen-bond donors (Lipinski definition) is 4. The smallest absolute Gasteiger partial charge is 0.306 e. The van der Waals surface area contributed by atoms with Gasteiger partial charge in [-0.25, -0.2) is 4.98 Å². The highest BCUT2D eigenvalue weighted by molar-refractivity contribution is 7.09. The van der Waals surface area contributed by atoms with E-state index in [4.69, 9.17) is 0 Å². The third-order valence-electron chi connectivity index (χ3n) is 12.0. The van der Waals surface area contributed by atoms with Gasteiger partial charge in [-0.2, -0.15) is 0 Å². The lowest BCUT2D eigenvalue weighted by atomic mass is 9.92. The topological polar surface area (TPSA) is 190 Å². The summed E-state index contributed by atoms with van der Waals surface area (Å²) in [4.78, 5) is 86.6. The van der Waals surface area contributed by atoms with Crippen molar-refractivity contribution in [3.05, 3.63) is 64.1 Å². The van der Waals surface area contributed by atoms with Gasteiger partial charge in [0, 0.05) is 49.6 Å². The van der Waals surface area contributed by atoms with Crippen LogP contribution in [0.15, 0.2) is 47.9 Å². The SMILES string of the molecule is CC[C@H](C)[C@H](NC(=O)[C@H]1CCCCN1CCCCCCN1C(=O)C=CC1=O)C(=O)N(C)[C@H](C[C@@H](O)c1nc(C(=O)N[C@@H](Cc2ccccc2)C[C@H](C)C(=O)O)cs1)C(C)C. The molecule has 1 saturated heterocycles. The molecule has 1 aromatic carbocycles. The lowest BCUT2D eigenvalue weighted by Crippen LogP contribution is -2.58. The molecule has 2 aliphatic rings. The zero-order chi connectivity index (χ0) is 43.9. The summed E-state index contributed by atoms with van der Waals surface area (Å²) < 4.78 is 0. The second kappa shape index (κ2) is 23.5. The minimum Gasteiger partial charge on any atom is -0.481 e. The van der Waals surface area contributed by atoms with E-state index in [-0.39, 0.29) is 60.0 Å². The number of nitrogens with one attached hydrogen (secondary N) is 2. The molecule has 0 spiro atoms. The quantitative estimate of drug-likeness (QED) is 0.0790. The van der Waals surface area contributed by atoms with Gasteiger partial charge in [-0.05, 0) is 69.0 Å². The average molecular weight is 851 g/mol. The molecule has 330 valence electrons. The van der Waals surface area contributed by atoms with Crippen LogP contribution in [0.2, 0.25) is 0 Å². The van der Waals surface area contributed by atoms with E-state index in [1.54, 1.807) is 24.3 Å². The number of aliphatic carboxylic acids is 1. The van der Waals surface area contributed by atoms with Gasteiger partial charge in [-0.1, -0.05) is 90.6 Å². The third-order valence-corrected chi connectivity index (χ3v) is 13.0. The number of carboxylic acids is 1. The van der Waals surface area contributed by atoms with Gasteiger partial charge in [0.25, 0.3) is 17.7 Å². The van der Waals surface area contributed by atoms with Gasteiger partial charge in [-0.15, -0.1) is 11.3 Å². The Hall–Kier alpha value is -4.47. The van der Waals surface area contributed by atoms with Crippen LogP contribution in [0, 0.1) is 17.8 Å². The van der Waals surface area contributed by atoms with Gasteiger partial charge < -0.3 is 25.7 Å². The first-order valence-corrected chi connectivity index (χ1v) is 22.5. The molecule has 1 aromatic heterocycles. The number of imide groups is 1. The maximum Gasteiger partial charge on any atom is 0.306 e. The number of thiazole rings is 1. The molecule has 7 atom stereocenters. The molecule has 2 aliphatic heterocycles. The van der Waals surface area contributed by atoms with E-state index < -0.39 is 42.0 Å². The van der Waals surface area contributed by atoms with Crippen molar-refractivity contribution in [1.29, 1.82) is 0 Å². The average Bonchev–Trinajstić information content (AvgIpc) is 3.86. The number of aromatic nitrogens is 1. The first-order valence-electron chi connectivity index (χ1n) is 21.7. The van der Waals surface area contributed by atoms with Crippen molar-refractivity contribution in [3.8, 4) is 0 Å². The minimum atomic E-state index is -1.07. The minimum absolute atomic E-state index is 0.0542. The predicted octanol–water partition coefficient (Wildman–Crippen LogP) is 5.37. The summed E-state index contributed by atoms with van der Waals surface area (Å²) in [7, 11) is 1.71. The fourth-order valence-electron chi connectivity index (χ4n) is 8.09. The van der Waals surface area contributed by atoms with Crippen LogP contribution >= 0.6 is 11.3 Å². The number of carbonyl (C=O) groups is 6. The van der Waals surface area contributed by atoms with Crippen molar-refractivity contribution in [2.24, 2.45) is 17.8 Å². The van der Waals surface area contributed by atoms with Gasteiger partial charge in [0.15, 0.2) is 0 Å². The summed E-state index contributed by atoms with van der Waals surface area (Å²) in [6, 6.07) is 7.57. The number of nitrogens with zero attached hydrogens (tertiary/aromatic N) is 4. The highest BCUT2D eigenvalue weighted by Crippen LogP contribution is 2.28. The van der Waals surface area contributed by atoms with Gasteiger partial charge in [0.05, 0.1) is 12.0 Å². The van der Waals surface area contributed by atoms with Crippen LogP contribution in [0.3, 0.4) is 0 Å². The summed E-state index contributed by atoms with van der Waals surface area (Å²) in [5.74, 6) is -3.17. The van der Waals surface area contributed by atoms with Crippen LogP contribution in [0.25, 0.3) is 0 Å². The van der Waals surface area contributed by atoms with Crippen molar-refractivity contribution < 1.29 is 39.0 Å². The number of hydrogen-bond acceptors (Lipinski definition) is 10. The lowest BCUT2D eigenvalue weighted by Gasteiger charge is -2.38. The number of rotatable bonds is 24. The largest absolute Gasteiger partial charge is 0.481 e. The van der Waals surface area contributed by atoms with Crippen molar-refractivity contribution >= 4 is 46.8 Å². The number of benzene rings is 1. The first-order chi connectivity index (χ1) is 28.6. The summed E-state index contributed by atoms with van der Waals surface area (Å²) in [6.45, 7) is 11.5. The molecule has 3 heterocycles. The maximum atomic E-state index is 14.3. The third kappa shape index (κ3) is 13.8.